The number of nitrogens with zero attached hydrogens (tertiary/aromatic N) is 2. The molecule has 0 saturated carbocycles. The van der Waals surface area contributed by atoms with Crippen LogP contribution in [0.15, 0.2) is 46.9 Å². The van der Waals surface area contributed by atoms with Gasteiger partial charge in [0.05, 0.1) is 6.54 Å². The predicted octanol–water partition coefficient (Wildman–Crippen LogP) is 2.97. The maximum absolute atomic E-state index is 5.81. The molecule has 1 aliphatic rings. The Morgan fingerprint density at radius 3 is 2.90 bits per heavy atom. The fourth-order valence-electron chi connectivity index (χ4n) is 2.94. The van der Waals surface area contributed by atoms with E-state index in [-0.39, 0.29) is 0 Å². The minimum absolute atomic E-state index is 0.706. The summed E-state index contributed by atoms with van der Waals surface area (Å²) in [5, 5.41) is 0. The molecule has 4 rings (SSSR count). The Morgan fingerprint density at radius 2 is 2.00 bits per heavy atom. The highest BCUT2D eigenvalue weighted by Gasteiger charge is 2.18. The number of nitrogen functional groups attached to an aromatic ring is 1. The highest BCUT2D eigenvalue weighted by atomic mass is 16.3. The van der Waals surface area contributed by atoms with Gasteiger partial charge in [-0.2, -0.15) is 0 Å². The van der Waals surface area contributed by atoms with Gasteiger partial charge in [0.2, 0.25) is 5.89 Å². The van der Waals surface area contributed by atoms with E-state index in [4.69, 9.17) is 10.2 Å². The quantitative estimate of drug-likeness (QED) is 0.733. The van der Waals surface area contributed by atoms with Gasteiger partial charge in [0.25, 0.3) is 0 Å². The van der Waals surface area contributed by atoms with E-state index < -0.39 is 0 Å². The van der Waals surface area contributed by atoms with Gasteiger partial charge in [-0.1, -0.05) is 24.3 Å². The van der Waals surface area contributed by atoms with Crippen molar-refractivity contribution in [2.24, 2.45) is 0 Å². The van der Waals surface area contributed by atoms with Gasteiger partial charge in [0.1, 0.15) is 5.52 Å². The fraction of sp³-hybridized carbons (Fsp3) is 0.235. The predicted molar refractivity (Wildman–Crippen MR) is 82.7 cm³/mol. The maximum Gasteiger partial charge on any atom is 0.209 e. The summed E-state index contributed by atoms with van der Waals surface area (Å²) in [6.07, 6.45) is 1.09. The van der Waals surface area contributed by atoms with Gasteiger partial charge in [0.15, 0.2) is 5.58 Å². The van der Waals surface area contributed by atoms with E-state index in [1.54, 1.807) is 0 Å². The third-order valence-electron chi connectivity index (χ3n) is 4.03. The molecular formula is C17H17N3O. The number of fused-ring (bicyclic) bond motifs is 2. The first kappa shape index (κ1) is 12.4. The van der Waals surface area contributed by atoms with Crippen LogP contribution in [0, 0.1) is 0 Å². The van der Waals surface area contributed by atoms with Crippen molar-refractivity contribution in [1.82, 2.24) is 9.88 Å². The zero-order valence-electron chi connectivity index (χ0n) is 11.7. The highest BCUT2D eigenvalue weighted by Crippen LogP contribution is 2.22. The second-order valence-electron chi connectivity index (χ2n) is 5.56. The minimum atomic E-state index is 0.706. The van der Waals surface area contributed by atoms with Crippen LogP contribution in [0.25, 0.3) is 11.1 Å². The summed E-state index contributed by atoms with van der Waals surface area (Å²) in [7, 11) is 0. The molecular weight excluding hydrogens is 262 g/mol. The number of anilines is 1. The van der Waals surface area contributed by atoms with E-state index in [0.717, 1.165) is 43.0 Å². The maximum atomic E-state index is 5.81. The van der Waals surface area contributed by atoms with Crippen molar-refractivity contribution in [3.8, 4) is 0 Å². The summed E-state index contributed by atoms with van der Waals surface area (Å²) in [5.41, 5.74) is 11.0. The normalized spacial score (nSPS) is 15.2. The standard InChI is InChI=1S/C17H17N3O/c18-14-5-6-15-16(9-14)21-17(19-15)11-20-8-7-12-3-1-2-4-13(12)10-20/h1-6,9H,7-8,10-11,18H2. The van der Waals surface area contributed by atoms with Gasteiger partial charge < -0.3 is 10.2 Å². The second-order valence-corrected chi connectivity index (χ2v) is 5.56. The third kappa shape index (κ3) is 2.38. The molecule has 21 heavy (non-hydrogen) atoms. The molecule has 1 aliphatic heterocycles. The van der Waals surface area contributed by atoms with E-state index in [1.165, 1.54) is 11.1 Å². The number of benzene rings is 2. The Bertz CT molecular complexity index is 794. The number of hydrogen-bond acceptors (Lipinski definition) is 4. The van der Waals surface area contributed by atoms with Crippen LogP contribution >= 0.6 is 0 Å². The van der Waals surface area contributed by atoms with Gasteiger partial charge in [-0.3, -0.25) is 4.90 Å². The zero-order valence-corrected chi connectivity index (χ0v) is 11.7. The topological polar surface area (TPSA) is 55.3 Å². The first-order chi connectivity index (χ1) is 10.3. The van der Waals surface area contributed by atoms with Crippen molar-refractivity contribution in [1.29, 1.82) is 0 Å². The largest absolute Gasteiger partial charge is 0.439 e. The fourth-order valence-corrected chi connectivity index (χ4v) is 2.94. The van der Waals surface area contributed by atoms with Gasteiger partial charge in [-0.25, -0.2) is 4.98 Å². The molecule has 1 aromatic heterocycles. The monoisotopic (exact) mass is 279 g/mol. The van der Waals surface area contributed by atoms with Crippen molar-refractivity contribution >= 4 is 16.8 Å². The lowest BCUT2D eigenvalue weighted by Crippen LogP contribution is -2.30. The summed E-state index contributed by atoms with van der Waals surface area (Å²) < 4.78 is 5.81. The number of oxazole rings is 1. The molecule has 0 radical (unpaired) electrons. The zero-order chi connectivity index (χ0) is 14.2. The number of hydrogen-bond donors (Lipinski definition) is 1. The van der Waals surface area contributed by atoms with Crippen molar-refractivity contribution in [2.75, 3.05) is 12.3 Å². The van der Waals surface area contributed by atoms with Crippen LogP contribution in [-0.2, 0) is 19.5 Å². The van der Waals surface area contributed by atoms with E-state index in [9.17, 15) is 0 Å². The molecule has 0 amide bonds. The lowest BCUT2D eigenvalue weighted by atomic mass is 10.00. The molecule has 0 saturated heterocycles. The molecule has 106 valence electrons. The Kier molecular flexibility index (Phi) is 2.89. The molecule has 4 heteroatoms. The lowest BCUT2D eigenvalue weighted by molar-refractivity contribution is 0.223. The van der Waals surface area contributed by atoms with Crippen LogP contribution < -0.4 is 5.73 Å². The molecule has 0 fully saturated rings. The Balaban J connectivity index is 1.55. The summed E-state index contributed by atoms with van der Waals surface area (Å²) in [6, 6.07) is 14.2. The average Bonchev–Trinajstić information content (AvgIpc) is 2.88. The molecule has 0 spiro atoms. The van der Waals surface area contributed by atoms with Gasteiger partial charge in [-0.05, 0) is 29.7 Å². The van der Waals surface area contributed by atoms with Crippen molar-refractivity contribution < 1.29 is 4.42 Å². The van der Waals surface area contributed by atoms with Gasteiger partial charge >= 0.3 is 0 Å². The van der Waals surface area contributed by atoms with Crippen LogP contribution in [0.1, 0.15) is 17.0 Å². The smallest absolute Gasteiger partial charge is 0.209 e. The number of rotatable bonds is 2. The van der Waals surface area contributed by atoms with E-state index in [1.807, 2.05) is 18.2 Å². The second kappa shape index (κ2) is 4.90. The van der Waals surface area contributed by atoms with Crippen molar-refractivity contribution in [3.63, 3.8) is 0 Å². The lowest BCUT2D eigenvalue weighted by Gasteiger charge is -2.27. The van der Waals surface area contributed by atoms with Gasteiger partial charge in [-0.15, -0.1) is 0 Å². The summed E-state index contributed by atoms with van der Waals surface area (Å²) >= 11 is 0. The number of aromatic nitrogens is 1. The molecule has 2 aromatic carbocycles. The highest BCUT2D eigenvalue weighted by molar-refractivity contribution is 5.76. The van der Waals surface area contributed by atoms with Crippen LogP contribution in [0.5, 0.6) is 0 Å². The van der Waals surface area contributed by atoms with Crippen molar-refractivity contribution in [2.45, 2.75) is 19.5 Å². The summed E-state index contributed by atoms with van der Waals surface area (Å²) in [6.45, 7) is 2.73. The molecule has 2 heterocycles. The number of nitrogens with two attached hydrogens (primary N) is 1. The Hall–Kier alpha value is -2.33. The first-order valence-electron chi connectivity index (χ1n) is 7.22. The molecule has 4 nitrogen and oxygen atoms in total. The molecule has 0 unspecified atom stereocenters. The SMILES string of the molecule is Nc1ccc2nc(CN3CCc4ccccc4C3)oc2c1. The van der Waals surface area contributed by atoms with E-state index >= 15 is 0 Å². The summed E-state index contributed by atoms with van der Waals surface area (Å²) in [5.74, 6) is 0.759. The molecule has 0 atom stereocenters. The van der Waals surface area contributed by atoms with Crippen LogP contribution in [-0.4, -0.2) is 16.4 Å². The summed E-state index contributed by atoms with van der Waals surface area (Å²) in [4.78, 5) is 6.91. The Morgan fingerprint density at radius 1 is 1.14 bits per heavy atom. The molecule has 2 N–H and O–H groups in total. The van der Waals surface area contributed by atoms with E-state index in [0.29, 0.717) is 5.69 Å². The van der Waals surface area contributed by atoms with E-state index in [2.05, 4.69) is 34.1 Å². The van der Waals surface area contributed by atoms with Crippen molar-refractivity contribution in [3.05, 3.63) is 59.5 Å². The van der Waals surface area contributed by atoms with Crippen LogP contribution in [0.3, 0.4) is 0 Å². The van der Waals surface area contributed by atoms with Crippen LogP contribution in [0.4, 0.5) is 5.69 Å². The molecule has 0 aliphatic carbocycles. The first-order valence-corrected chi connectivity index (χ1v) is 7.22. The molecule has 0 bridgehead atoms. The third-order valence-corrected chi connectivity index (χ3v) is 4.03. The minimum Gasteiger partial charge on any atom is -0.439 e. The van der Waals surface area contributed by atoms with Crippen LogP contribution in [0.2, 0.25) is 0 Å². The average molecular weight is 279 g/mol. The Labute approximate surface area is 123 Å². The molecule has 3 aromatic rings. The van der Waals surface area contributed by atoms with Gasteiger partial charge in [0, 0.05) is 24.8 Å².